The third-order valence-electron chi connectivity index (χ3n) is 7.26. The zero-order chi connectivity index (χ0) is 24.7. The van der Waals surface area contributed by atoms with Crippen molar-refractivity contribution in [3.63, 3.8) is 0 Å². The average Bonchev–Trinajstić information content (AvgIpc) is 3.37. The lowest BCUT2D eigenvalue weighted by atomic mass is 9.85. The molecule has 0 saturated carbocycles. The first kappa shape index (κ1) is 23.0. The van der Waals surface area contributed by atoms with Crippen LogP contribution in [0.2, 0.25) is 0 Å². The molecule has 0 unspecified atom stereocenters. The Hall–Kier alpha value is -3.74. The van der Waals surface area contributed by atoms with Gasteiger partial charge in [0, 0.05) is 18.7 Å². The van der Waals surface area contributed by atoms with Crippen molar-refractivity contribution in [3.05, 3.63) is 65.7 Å². The Morgan fingerprint density at radius 3 is 2.31 bits per heavy atom. The molecule has 3 atom stereocenters. The van der Waals surface area contributed by atoms with Gasteiger partial charge in [0.05, 0.1) is 23.4 Å². The second-order valence-electron chi connectivity index (χ2n) is 9.42. The van der Waals surface area contributed by atoms with E-state index in [2.05, 4.69) is 0 Å². The van der Waals surface area contributed by atoms with Crippen LogP contribution in [0.4, 0.5) is 11.4 Å². The van der Waals surface area contributed by atoms with E-state index in [-0.39, 0.29) is 42.5 Å². The Morgan fingerprint density at radius 1 is 0.971 bits per heavy atom. The summed E-state index contributed by atoms with van der Waals surface area (Å²) >= 11 is 0. The van der Waals surface area contributed by atoms with Crippen LogP contribution in [-0.2, 0) is 25.6 Å². The van der Waals surface area contributed by atoms with Gasteiger partial charge in [0.2, 0.25) is 17.7 Å². The van der Waals surface area contributed by atoms with E-state index in [1.54, 1.807) is 30.0 Å². The summed E-state index contributed by atoms with van der Waals surface area (Å²) in [6.07, 6.45) is 5.98. The Balaban J connectivity index is 1.29. The first-order valence-corrected chi connectivity index (χ1v) is 12.1. The molecule has 2 saturated heterocycles. The number of allylic oxidation sites excluding steroid dienone is 2. The van der Waals surface area contributed by atoms with Crippen LogP contribution in [0.1, 0.15) is 37.3 Å². The molecule has 0 N–H and O–H groups in total. The molecule has 3 aliphatic rings. The summed E-state index contributed by atoms with van der Waals surface area (Å²) in [6, 6.07) is 12.6. The Morgan fingerprint density at radius 2 is 1.66 bits per heavy atom. The molecule has 2 aromatic rings. The van der Waals surface area contributed by atoms with Crippen molar-refractivity contribution in [2.24, 2.45) is 17.8 Å². The van der Waals surface area contributed by atoms with Crippen LogP contribution in [0.5, 0.6) is 5.75 Å². The van der Waals surface area contributed by atoms with E-state index in [4.69, 9.17) is 4.74 Å². The third-order valence-corrected chi connectivity index (χ3v) is 7.26. The molecule has 7 nitrogen and oxygen atoms in total. The zero-order valence-corrected chi connectivity index (χ0v) is 19.9. The van der Waals surface area contributed by atoms with E-state index in [1.165, 1.54) is 4.90 Å². The van der Waals surface area contributed by atoms with Gasteiger partial charge < -0.3 is 9.64 Å². The second kappa shape index (κ2) is 9.13. The van der Waals surface area contributed by atoms with Crippen molar-refractivity contribution >= 4 is 35.1 Å². The van der Waals surface area contributed by atoms with Crippen molar-refractivity contribution < 1.29 is 23.9 Å². The van der Waals surface area contributed by atoms with E-state index >= 15 is 0 Å². The molecule has 2 heterocycles. The predicted molar refractivity (Wildman–Crippen MR) is 131 cm³/mol. The van der Waals surface area contributed by atoms with Crippen LogP contribution in [0.15, 0.2) is 54.6 Å². The number of aryl methyl sites for hydroxylation is 2. The third kappa shape index (κ3) is 4.05. The molecule has 0 bridgehead atoms. The number of imide groups is 1. The van der Waals surface area contributed by atoms with Crippen molar-refractivity contribution in [2.45, 2.75) is 39.5 Å². The number of benzene rings is 2. The standard InChI is InChI=1S/C28H28N2O5/c1-3-18-8-4-7-11-24(18)29-16-19(15-25(29)31)28(34)35-20-12-13-23(17(2)14-20)30-26(32)21-9-5-6-10-22(21)27(30)33/h4-8,11-14,19,21-22H,3,9-10,15-16H2,1-2H3/t19-,21+,22+/m1/s1. The van der Waals surface area contributed by atoms with Gasteiger partial charge in [0.15, 0.2) is 0 Å². The average molecular weight is 473 g/mol. The maximum Gasteiger partial charge on any atom is 0.316 e. The summed E-state index contributed by atoms with van der Waals surface area (Å²) in [5, 5.41) is 0. The van der Waals surface area contributed by atoms with Crippen molar-refractivity contribution in [1.29, 1.82) is 0 Å². The molecule has 7 heteroatoms. The Kier molecular flexibility index (Phi) is 6.01. The number of hydrogen-bond acceptors (Lipinski definition) is 5. The molecule has 1 aliphatic carbocycles. The number of fused-ring (bicyclic) bond motifs is 1. The summed E-state index contributed by atoms with van der Waals surface area (Å²) in [5.41, 5.74) is 3.09. The number of amides is 3. The summed E-state index contributed by atoms with van der Waals surface area (Å²) < 4.78 is 5.62. The number of rotatable bonds is 5. The molecule has 3 amide bonds. The highest BCUT2D eigenvalue weighted by Crippen LogP contribution is 2.39. The Bertz CT molecular complexity index is 1220. The lowest BCUT2D eigenvalue weighted by molar-refractivity contribution is -0.139. The van der Waals surface area contributed by atoms with E-state index in [0.29, 0.717) is 29.8 Å². The highest BCUT2D eigenvalue weighted by atomic mass is 16.5. The molecule has 5 rings (SSSR count). The number of hydrogen-bond donors (Lipinski definition) is 0. The zero-order valence-electron chi connectivity index (χ0n) is 19.9. The van der Waals surface area contributed by atoms with E-state index in [9.17, 15) is 19.2 Å². The van der Waals surface area contributed by atoms with Gasteiger partial charge in [-0.1, -0.05) is 37.3 Å². The fourth-order valence-electron chi connectivity index (χ4n) is 5.35. The molecule has 180 valence electrons. The van der Waals surface area contributed by atoms with E-state index in [0.717, 1.165) is 17.7 Å². The minimum absolute atomic E-state index is 0.0959. The highest BCUT2D eigenvalue weighted by Gasteiger charge is 2.48. The molecule has 0 radical (unpaired) electrons. The summed E-state index contributed by atoms with van der Waals surface area (Å²) in [6.45, 7) is 4.10. The van der Waals surface area contributed by atoms with Crippen LogP contribution in [0.25, 0.3) is 0 Å². The molecule has 2 aromatic carbocycles. The quantitative estimate of drug-likeness (QED) is 0.285. The van der Waals surface area contributed by atoms with Crippen LogP contribution >= 0.6 is 0 Å². The molecule has 0 spiro atoms. The largest absolute Gasteiger partial charge is 0.426 e. The van der Waals surface area contributed by atoms with Crippen LogP contribution in [0.3, 0.4) is 0 Å². The molecule has 2 aliphatic heterocycles. The fourth-order valence-corrected chi connectivity index (χ4v) is 5.35. The number of nitrogens with zero attached hydrogens (tertiary/aromatic N) is 2. The smallest absolute Gasteiger partial charge is 0.316 e. The maximum absolute atomic E-state index is 12.9. The first-order valence-electron chi connectivity index (χ1n) is 12.1. The van der Waals surface area contributed by atoms with Crippen LogP contribution < -0.4 is 14.5 Å². The van der Waals surface area contributed by atoms with E-state index in [1.807, 2.05) is 43.3 Å². The highest BCUT2D eigenvalue weighted by molar-refractivity contribution is 6.22. The van der Waals surface area contributed by atoms with Gasteiger partial charge in [-0.2, -0.15) is 0 Å². The topological polar surface area (TPSA) is 84.0 Å². The molecular weight excluding hydrogens is 444 g/mol. The van der Waals surface area contributed by atoms with Gasteiger partial charge in [0.1, 0.15) is 5.75 Å². The van der Waals surface area contributed by atoms with Gasteiger partial charge >= 0.3 is 5.97 Å². The van der Waals surface area contributed by atoms with Gasteiger partial charge in [-0.25, -0.2) is 4.90 Å². The molecule has 0 aromatic heterocycles. The number of ether oxygens (including phenoxy) is 1. The minimum Gasteiger partial charge on any atom is -0.426 e. The normalized spacial score (nSPS) is 23.7. The lowest BCUT2D eigenvalue weighted by Crippen LogP contribution is -2.31. The van der Waals surface area contributed by atoms with Crippen molar-refractivity contribution in [3.8, 4) is 5.75 Å². The summed E-state index contributed by atoms with van der Waals surface area (Å²) in [5.74, 6) is -1.74. The summed E-state index contributed by atoms with van der Waals surface area (Å²) in [4.78, 5) is 54.3. The first-order chi connectivity index (χ1) is 16.9. The SMILES string of the molecule is CCc1ccccc1N1C[C@H](C(=O)Oc2ccc(N3C(=O)[C@H]4CC=CC[C@@H]4C3=O)c(C)c2)CC1=O. The van der Waals surface area contributed by atoms with E-state index < -0.39 is 11.9 Å². The van der Waals surface area contributed by atoms with Crippen LogP contribution in [0, 0.1) is 24.7 Å². The molecular formula is C28H28N2O5. The number of carbonyl (C=O) groups is 4. The molecule has 2 fully saturated rings. The van der Waals surface area contributed by atoms with Crippen molar-refractivity contribution in [1.82, 2.24) is 0 Å². The number of carbonyl (C=O) groups excluding carboxylic acids is 4. The number of esters is 1. The monoisotopic (exact) mass is 472 g/mol. The van der Waals surface area contributed by atoms with Gasteiger partial charge in [-0.3, -0.25) is 19.2 Å². The second-order valence-corrected chi connectivity index (χ2v) is 9.42. The predicted octanol–water partition coefficient (Wildman–Crippen LogP) is 3.97. The maximum atomic E-state index is 12.9. The minimum atomic E-state index is -0.565. The Labute approximate surface area is 204 Å². The fraction of sp³-hybridized carbons (Fsp3) is 0.357. The molecule has 35 heavy (non-hydrogen) atoms. The lowest BCUT2D eigenvalue weighted by Gasteiger charge is -2.20. The number of anilines is 2. The van der Waals surface area contributed by atoms with Crippen LogP contribution in [-0.4, -0.2) is 30.2 Å². The number of para-hydroxylation sites is 1. The van der Waals surface area contributed by atoms with Gasteiger partial charge in [-0.15, -0.1) is 0 Å². The van der Waals surface area contributed by atoms with Gasteiger partial charge in [-0.05, 0) is 61.6 Å². The summed E-state index contributed by atoms with van der Waals surface area (Å²) in [7, 11) is 0. The van der Waals surface area contributed by atoms with Gasteiger partial charge in [0.25, 0.3) is 0 Å². The van der Waals surface area contributed by atoms with Crippen molar-refractivity contribution in [2.75, 3.05) is 16.3 Å².